The van der Waals surface area contributed by atoms with Gasteiger partial charge in [0.05, 0.1) is 43.7 Å². The number of nitrogens with zero attached hydrogens (tertiary/aromatic N) is 1. The number of aliphatic hydroxyl groups excluding tert-OH is 2. The highest BCUT2D eigenvalue weighted by Gasteiger charge is 2.16. The summed E-state index contributed by atoms with van der Waals surface area (Å²) in [5.41, 5.74) is 6.82. The van der Waals surface area contributed by atoms with Crippen LogP contribution in [0.5, 0.6) is 11.5 Å². The lowest BCUT2D eigenvalue weighted by molar-refractivity contribution is 0.181. The van der Waals surface area contributed by atoms with Crippen LogP contribution in [0.4, 0.5) is 0 Å². The van der Waals surface area contributed by atoms with Crippen LogP contribution in [-0.2, 0) is 0 Å². The van der Waals surface area contributed by atoms with E-state index in [-0.39, 0.29) is 31.1 Å². The molecule has 7 nitrogen and oxygen atoms in total. The van der Waals surface area contributed by atoms with Crippen molar-refractivity contribution in [3.05, 3.63) is 59.7 Å². The Kier molecular flexibility index (Phi) is 15.5. The van der Waals surface area contributed by atoms with E-state index in [1.54, 1.807) is 0 Å². The first-order chi connectivity index (χ1) is 18.9. The molecule has 0 spiro atoms. The van der Waals surface area contributed by atoms with E-state index in [9.17, 15) is 10.2 Å². The van der Waals surface area contributed by atoms with Crippen molar-refractivity contribution in [2.75, 3.05) is 13.2 Å². The summed E-state index contributed by atoms with van der Waals surface area (Å²) in [5, 5.41) is 35.6. The predicted molar refractivity (Wildman–Crippen MR) is 161 cm³/mol. The molecule has 0 saturated heterocycles. The summed E-state index contributed by atoms with van der Waals surface area (Å²) in [6.45, 7) is 1.52. The van der Waals surface area contributed by atoms with Crippen molar-refractivity contribution in [3.63, 3.8) is 0 Å². The Hall–Kier alpha value is -2.79. The average Bonchev–Trinajstić information content (AvgIpc) is 2.96. The molecular weight excluding hydrogens is 526 g/mol. The van der Waals surface area contributed by atoms with Crippen LogP contribution in [0.15, 0.2) is 48.5 Å². The molecule has 0 amide bonds. The monoisotopic (exact) mass is 571 g/mol. The van der Waals surface area contributed by atoms with E-state index in [1.165, 1.54) is 64.2 Å². The highest BCUT2D eigenvalue weighted by molar-refractivity contribution is 5.85. The molecule has 0 radical (unpaired) electrons. The second kappa shape index (κ2) is 18.5. The van der Waals surface area contributed by atoms with Gasteiger partial charge in [-0.25, -0.2) is 0 Å². The molecule has 8 heteroatoms. The number of hydrogen-bond donors (Lipinski definition) is 4. The fourth-order valence-electron chi connectivity index (χ4n) is 5.29. The van der Waals surface area contributed by atoms with Crippen molar-refractivity contribution in [2.24, 2.45) is 17.6 Å². The highest BCUT2D eigenvalue weighted by atomic mass is 35.5. The summed E-state index contributed by atoms with van der Waals surface area (Å²) in [4.78, 5) is 0. The van der Waals surface area contributed by atoms with E-state index >= 15 is 0 Å². The first-order valence-corrected chi connectivity index (χ1v) is 14.5. The standard InChI is InChI=1S/C16H24N2O2.C16H21NO2.ClH/c17-16(18)10-15(19)13-7-4-8-14(9-13)20-11-12-5-2-1-3-6-12;17-10-9-16(18)14-7-4-8-15(11-14)19-12-13-5-2-1-3-6-13;/h4,7-9,12,15,19H,1-3,5-6,10-11H2,(H3,17,18);4,7-8,11,13,16,18H,1-3,5-6,9,12H2;1H. The normalized spacial score (nSPS) is 17.2. The fraction of sp³-hybridized carbons (Fsp3) is 0.562. The van der Waals surface area contributed by atoms with E-state index in [0.29, 0.717) is 11.8 Å². The van der Waals surface area contributed by atoms with Gasteiger partial charge in [0.15, 0.2) is 0 Å². The maximum absolute atomic E-state index is 9.96. The molecule has 2 fully saturated rings. The lowest BCUT2D eigenvalue weighted by Crippen LogP contribution is -2.16. The zero-order valence-corrected chi connectivity index (χ0v) is 24.3. The average molecular weight is 572 g/mol. The number of nitriles is 1. The van der Waals surface area contributed by atoms with Gasteiger partial charge in [0.2, 0.25) is 0 Å². The molecule has 2 unspecified atom stereocenters. The predicted octanol–water partition coefficient (Wildman–Crippen LogP) is 7.02. The van der Waals surface area contributed by atoms with E-state index in [1.807, 2.05) is 54.6 Å². The van der Waals surface area contributed by atoms with Crippen molar-refractivity contribution >= 4 is 18.2 Å². The smallest absolute Gasteiger partial charge is 0.119 e. The van der Waals surface area contributed by atoms with Crippen LogP contribution in [-0.4, -0.2) is 29.3 Å². The van der Waals surface area contributed by atoms with Crippen LogP contribution in [0, 0.1) is 28.6 Å². The number of nitrogens with one attached hydrogen (secondary N) is 1. The molecule has 0 aromatic heterocycles. The van der Waals surface area contributed by atoms with Gasteiger partial charge in [0.25, 0.3) is 0 Å². The summed E-state index contributed by atoms with van der Waals surface area (Å²) in [6.07, 6.45) is 11.8. The Morgan fingerprint density at radius 3 is 1.70 bits per heavy atom. The maximum Gasteiger partial charge on any atom is 0.119 e. The van der Waals surface area contributed by atoms with Crippen molar-refractivity contribution < 1.29 is 19.7 Å². The minimum absolute atomic E-state index is 0. The number of amidine groups is 1. The molecule has 0 aliphatic heterocycles. The second-order valence-corrected chi connectivity index (χ2v) is 10.9. The molecule has 2 atom stereocenters. The summed E-state index contributed by atoms with van der Waals surface area (Å²) in [7, 11) is 0. The van der Waals surface area contributed by atoms with Crippen LogP contribution in [0.1, 0.15) is 100 Å². The molecule has 220 valence electrons. The molecule has 0 heterocycles. The Morgan fingerprint density at radius 1 is 0.825 bits per heavy atom. The second-order valence-electron chi connectivity index (χ2n) is 10.9. The SMILES string of the molecule is Cl.N#CCC(O)c1cccc(OCC2CCCCC2)c1.N=C(N)CC(O)c1cccc(OCC2CCCCC2)c1. The van der Waals surface area contributed by atoms with Crippen molar-refractivity contribution in [3.8, 4) is 17.6 Å². The summed E-state index contributed by atoms with van der Waals surface area (Å²) >= 11 is 0. The molecular formula is C32H46ClN3O4. The Bertz CT molecular complexity index is 1050. The third-order valence-corrected chi connectivity index (χ3v) is 7.60. The van der Waals surface area contributed by atoms with Crippen LogP contribution < -0.4 is 15.2 Å². The zero-order valence-electron chi connectivity index (χ0n) is 23.5. The highest BCUT2D eigenvalue weighted by Crippen LogP contribution is 2.27. The number of aliphatic hydroxyl groups is 2. The maximum atomic E-state index is 9.96. The lowest BCUT2D eigenvalue weighted by Gasteiger charge is -2.22. The van der Waals surface area contributed by atoms with Crippen LogP contribution in [0.2, 0.25) is 0 Å². The van der Waals surface area contributed by atoms with Crippen molar-refractivity contribution in [1.82, 2.24) is 0 Å². The molecule has 4 rings (SSSR count). The van der Waals surface area contributed by atoms with Gasteiger partial charge in [-0.2, -0.15) is 5.26 Å². The van der Waals surface area contributed by atoms with Crippen LogP contribution in [0.3, 0.4) is 0 Å². The first-order valence-electron chi connectivity index (χ1n) is 14.5. The quantitative estimate of drug-likeness (QED) is 0.169. The van der Waals surface area contributed by atoms with Gasteiger partial charge in [-0.3, -0.25) is 5.41 Å². The number of halogens is 1. The number of rotatable bonds is 11. The zero-order chi connectivity index (χ0) is 27.9. The first kappa shape index (κ1) is 33.4. The third-order valence-electron chi connectivity index (χ3n) is 7.60. The Balaban J connectivity index is 0.000000274. The van der Waals surface area contributed by atoms with E-state index < -0.39 is 12.2 Å². The summed E-state index contributed by atoms with van der Waals surface area (Å²) in [5.74, 6) is 2.90. The van der Waals surface area contributed by atoms with Gasteiger partial charge >= 0.3 is 0 Å². The molecule has 2 aromatic rings. The molecule has 2 saturated carbocycles. The number of hydrogen-bond acceptors (Lipinski definition) is 6. The van der Waals surface area contributed by atoms with Gasteiger partial charge in [-0.15, -0.1) is 12.4 Å². The summed E-state index contributed by atoms with van der Waals surface area (Å²) in [6, 6.07) is 16.9. The molecule has 2 aliphatic carbocycles. The molecule has 2 aliphatic rings. The van der Waals surface area contributed by atoms with Gasteiger partial charge in [0.1, 0.15) is 11.5 Å². The van der Waals surface area contributed by atoms with Gasteiger partial charge in [-0.1, -0.05) is 62.8 Å². The van der Waals surface area contributed by atoms with Crippen LogP contribution >= 0.6 is 12.4 Å². The lowest BCUT2D eigenvalue weighted by atomic mass is 9.90. The largest absolute Gasteiger partial charge is 0.493 e. The molecule has 5 N–H and O–H groups in total. The number of nitrogens with two attached hydrogens (primary N) is 1. The Morgan fingerprint density at radius 2 is 1.27 bits per heavy atom. The van der Waals surface area contributed by atoms with Gasteiger partial charge < -0.3 is 25.4 Å². The minimum Gasteiger partial charge on any atom is -0.493 e. The van der Waals surface area contributed by atoms with Gasteiger partial charge in [-0.05, 0) is 72.9 Å². The number of benzene rings is 2. The topological polar surface area (TPSA) is 133 Å². The van der Waals surface area contributed by atoms with Gasteiger partial charge in [0, 0.05) is 6.42 Å². The van der Waals surface area contributed by atoms with Crippen molar-refractivity contribution in [2.45, 2.75) is 89.3 Å². The van der Waals surface area contributed by atoms with E-state index in [4.69, 9.17) is 25.9 Å². The van der Waals surface area contributed by atoms with E-state index in [2.05, 4.69) is 0 Å². The summed E-state index contributed by atoms with van der Waals surface area (Å²) < 4.78 is 11.7. The minimum atomic E-state index is -0.731. The number of ether oxygens (including phenoxy) is 2. The molecule has 2 aromatic carbocycles. The van der Waals surface area contributed by atoms with Crippen LogP contribution in [0.25, 0.3) is 0 Å². The van der Waals surface area contributed by atoms with Crippen molar-refractivity contribution in [1.29, 1.82) is 10.7 Å². The molecule has 0 bridgehead atoms. The molecule has 40 heavy (non-hydrogen) atoms. The fourth-order valence-corrected chi connectivity index (χ4v) is 5.29. The van der Waals surface area contributed by atoms with E-state index in [0.717, 1.165) is 35.8 Å². The third kappa shape index (κ3) is 12.2. The Labute approximate surface area is 245 Å².